The zero-order valence-electron chi connectivity index (χ0n) is 10.8. The number of nitrogen functional groups attached to an aromatic ring is 2. The molecule has 5 heteroatoms. The zero-order chi connectivity index (χ0) is 13.9. The van der Waals surface area contributed by atoms with Crippen molar-refractivity contribution in [3.63, 3.8) is 0 Å². The summed E-state index contributed by atoms with van der Waals surface area (Å²) in [4.78, 5) is 8.36. The van der Waals surface area contributed by atoms with Gasteiger partial charge in [0.2, 0.25) is 0 Å². The lowest BCUT2D eigenvalue weighted by Gasteiger charge is -2.06. The molecule has 0 saturated heterocycles. The first-order chi connectivity index (χ1) is 9.72. The second-order valence-corrected chi connectivity index (χ2v) is 5.37. The fourth-order valence-electron chi connectivity index (χ4n) is 2.09. The molecular formula is C15H14N4S. The standard InChI is InChI=1S/C15H14N4S/c16-13-8-14(17)19-15(18-13)20-9-11-6-3-5-10-4-1-2-7-12(10)11/h1-8H,9H2,(H4,16,17,18,19). The summed E-state index contributed by atoms with van der Waals surface area (Å²) in [5.74, 6) is 1.58. The number of thioether (sulfide) groups is 1. The van der Waals surface area contributed by atoms with Crippen molar-refractivity contribution in [1.29, 1.82) is 0 Å². The normalized spacial score (nSPS) is 10.8. The maximum Gasteiger partial charge on any atom is 0.191 e. The highest BCUT2D eigenvalue weighted by Crippen LogP contribution is 2.26. The van der Waals surface area contributed by atoms with Crippen molar-refractivity contribution in [2.75, 3.05) is 11.5 Å². The highest BCUT2D eigenvalue weighted by Gasteiger charge is 2.05. The number of benzene rings is 2. The lowest BCUT2D eigenvalue weighted by molar-refractivity contribution is 0.984. The van der Waals surface area contributed by atoms with Crippen LogP contribution in [-0.4, -0.2) is 9.97 Å². The second kappa shape index (κ2) is 5.38. The second-order valence-electron chi connectivity index (χ2n) is 4.43. The number of hydrogen-bond donors (Lipinski definition) is 2. The molecule has 0 amide bonds. The number of aromatic nitrogens is 2. The number of anilines is 2. The molecule has 3 rings (SSSR count). The minimum atomic E-state index is 0.401. The van der Waals surface area contributed by atoms with Gasteiger partial charge in [-0.3, -0.25) is 0 Å². The quantitative estimate of drug-likeness (QED) is 0.570. The summed E-state index contributed by atoms with van der Waals surface area (Å²) in [5, 5.41) is 3.09. The van der Waals surface area contributed by atoms with Crippen molar-refractivity contribution in [2.24, 2.45) is 0 Å². The van der Waals surface area contributed by atoms with Gasteiger partial charge in [-0.05, 0) is 16.3 Å². The molecule has 0 radical (unpaired) electrons. The van der Waals surface area contributed by atoms with Crippen LogP contribution < -0.4 is 11.5 Å². The van der Waals surface area contributed by atoms with Gasteiger partial charge in [0.25, 0.3) is 0 Å². The molecule has 0 spiro atoms. The predicted molar refractivity (Wildman–Crippen MR) is 84.4 cm³/mol. The van der Waals surface area contributed by atoms with Gasteiger partial charge in [-0.15, -0.1) is 0 Å². The number of nitrogens with two attached hydrogens (primary N) is 2. The maximum atomic E-state index is 5.67. The van der Waals surface area contributed by atoms with Crippen LogP contribution in [0.5, 0.6) is 0 Å². The topological polar surface area (TPSA) is 77.8 Å². The molecule has 0 unspecified atom stereocenters. The Kier molecular flexibility index (Phi) is 3.43. The van der Waals surface area contributed by atoms with Crippen LogP contribution in [0.1, 0.15) is 5.56 Å². The van der Waals surface area contributed by atoms with Gasteiger partial charge in [-0.1, -0.05) is 54.2 Å². The van der Waals surface area contributed by atoms with E-state index in [1.165, 1.54) is 28.1 Å². The molecule has 0 atom stereocenters. The van der Waals surface area contributed by atoms with Crippen molar-refractivity contribution < 1.29 is 0 Å². The zero-order valence-corrected chi connectivity index (χ0v) is 11.6. The van der Waals surface area contributed by atoms with Crippen molar-refractivity contribution in [3.05, 3.63) is 54.1 Å². The average Bonchev–Trinajstić information content (AvgIpc) is 2.44. The van der Waals surface area contributed by atoms with E-state index < -0.39 is 0 Å². The van der Waals surface area contributed by atoms with Gasteiger partial charge in [0.15, 0.2) is 5.16 Å². The Hall–Kier alpha value is -2.27. The van der Waals surface area contributed by atoms with Crippen molar-refractivity contribution in [1.82, 2.24) is 9.97 Å². The summed E-state index contributed by atoms with van der Waals surface area (Å²) in [5.41, 5.74) is 12.6. The van der Waals surface area contributed by atoms with Crippen LogP contribution in [0.2, 0.25) is 0 Å². The minimum absolute atomic E-state index is 0.401. The van der Waals surface area contributed by atoms with E-state index in [-0.39, 0.29) is 0 Å². The van der Waals surface area contributed by atoms with E-state index in [0.717, 1.165) is 5.75 Å². The van der Waals surface area contributed by atoms with Crippen LogP contribution >= 0.6 is 11.8 Å². The van der Waals surface area contributed by atoms with E-state index in [4.69, 9.17) is 11.5 Å². The Balaban J connectivity index is 1.87. The summed E-state index contributed by atoms with van der Waals surface area (Å²) in [6, 6.07) is 16.2. The van der Waals surface area contributed by atoms with E-state index in [9.17, 15) is 0 Å². The van der Waals surface area contributed by atoms with E-state index in [2.05, 4.69) is 40.3 Å². The molecule has 0 aliphatic rings. The molecule has 20 heavy (non-hydrogen) atoms. The molecule has 4 nitrogen and oxygen atoms in total. The lowest BCUT2D eigenvalue weighted by atomic mass is 10.1. The van der Waals surface area contributed by atoms with Crippen LogP contribution in [0.25, 0.3) is 10.8 Å². The monoisotopic (exact) mass is 282 g/mol. The molecule has 0 aliphatic heterocycles. The first kappa shape index (κ1) is 12.7. The third-order valence-corrected chi connectivity index (χ3v) is 3.88. The van der Waals surface area contributed by atoms with Gasteiger partial charge in [0.05, 0.1) is 0 Å². The summed E-state index contributed by atoms with van der Waals surface area (Å²) >= 11 is 1.53. The molecule has 0 bridgehead atoms. The van der Waals surface area contributed by atoms with Gasteiger partial charge >= 0.3 is 0 Å². The summed E-state index contributed by atoms with van der Waals surface area (Å²) in [6.45, 7) is 0. The van der Waals surface area contributed by atoms with Crippen LogP contribution in [-0.2, 0) is 5.75 Å². The fraction of sp³-hybridized carbons (Fsp3) is 0.0667. The van der Waals surface area contributed by atoms with E-state index in [0.29, 0.717) is 16.8 Å². The van der Waals surface area contributed by atoms with Crippen LogP contribution in [0.3, 0.4) is 0 Å². The number of fused-ring (bicyclic) bond motifs is 1. The van der Waals surface area contributed by atoms with E-state index in [1.54, 1.807) is 6.07 Å². The smallest absolute Gasteiger partial charge is 0.191 e. The molecular weight excluding hydrogens is 268 g/mol. The lowest BCUT2D eigenvalue weighted by Crippen LogP contribution is -1.99. The molecule has 0 aliphatic carbocycles. The summed E-state index contributed by atoms with van der Waals surface area (Å²) < 4.78 is 0. The predicted octanol–water partition coefficient (Wildman–Crippen LogP) is 3.09. The largest absolute Gasteiger partial charge is 0.383 e. The first-order valence-electron chi connectivity index (χ1n) is 6.22. The van der Waals surface area contributed by atoms with Gasteiger partial charge in [-0.2, -0.15) is 0 Å². The SMILES string of the molecule is Nc1cc(N)nc(SCc2cccc3ccccc23)n1. The van der Waals surface area contributed by atoms with Crippen molar-refractivity contribution >= 4 is 34.2 Å². The molecule has 4 N–H and O–H groups in total. The maximum absolute atomic E-state index is 5.67. The fourth-order valence-corrected chi connectivity index (χ4v) is 2.96. The number of nitrogens with zero attached hydrogens (tertiary/aromatic N) is 2. The number of hydrogen-bond acceptors (Lipinski definition) is 5. The summed E-state index contributed by atoms with van der Waals surface area (Å²) in [7, 11) is 0. The Morgan fingerprint density at radius 1 is 0.900 bits per heavy atom. The summed E-state index contributed by atoms with van der Waals surface area (Å²) in [6.07, 6.45) is 0. The van der Waals surface area contributed by atoms with Crippen LogP contribution in [0.15, 0.2) is 53.7 Å². The van der Waals surface area contributed by atoms with Gasteiger partial charge in [-0.25, -0.2) is 9.97 Å². The Morgan fingerprint density at radius 2 is 1.60 bits per heavy atom. The molecule has 3 aromatic rings. The van der Waals surface area contributed by atoms with Crippen molar-refractivity contribution in [2.45, 2.75) is 10.9 Å². The average molecular weight is 282 g/mol. The van der Waals surface area contributed by atoms with Crippen LogP contribution in [0, 0.1) is 0 Å². The molecule has 0 fully saturated rings. The Morgan fingerprint density at radius 3 is 2.40 bits per heavy atom. The van der Waals surface area contributed by atoms with Gasteiger partial charge in [0, 0.05) is 11.8 Å². The molecule has 1 aromatic heterocycles. The van der Waals surface area contributed by atoms with Gasteiger partial charge in [0.1, 0.15) is 11.6 Å². The first-order valence-corrected chi connectivity index (χ1v) is 7.20. The third-order valence-electron chi connectivity index (χ3n) is 2.98. The highest BCUT2D eigenvalue weighted by atomic mass is 32.2. The van der Waals surface area contributed by atoms with E-state index in [1.807, 2.05) is 12.1 Å². The number of rotatable bonds is 3. The Bertz CT molecular complexity index is 732. The van der Waals surface area contributed by atoms with E-state index >= 15 is 0 Å². The molecule has 0 saturated carbocycles. The molecule has 2 aromatic carbocycles. The highest BCUT2D eigenvalue weighted by molar-refractivity contribution is 7.98. The molecule has 100 valence electrons. The van der Waals surface area contributed by atoms with Crippen molar-refractivity contribution in [3.8, 4) is 0 Å². The minimum Gasteiger partial charge on any atom is -0.383 e. The Labute approximate surface area is 121 Å². The third kappa shape index (κ3) is 2.67. The van der Waals surface area contributed by atoms with Gasteiger partial charge < -0.3 is 11.5 Å². The molecule has 1 heterocycles. The van der Waals surface area contributed by atoms with Crippen LogP contribution in [0.4, 0.5) is 11.6 Å².